The second kappa shape index (κ2) is 11.2. The molecule has 37 heavy (non-hydrogen) atoms. The van der Waals surface area contributed by atoms with Crippen LogP contribution in [0.15, 0.2) is 58.3 Å². The van der Waals surface area contributed by atoms with E-state index >= 15 is 0 Å². The molecule has 2 heterocycles. The highest BCUT2D eigenvalue weighted by Crippen LogP contribution is 2.37. The van der Waals surface area contributed by atoms with E-state index in [0.717, 1.165) is 29.1 Å². The molecule has 2 aromatic rings. The third-order valence-corrected chi connectivity index (χ3v) is 6.43. The van der Waals surface area contributed by atoms with Gasteiger partial charge in [-0.15, -0.1) is 0 Å². The van der Waals surface area contributed by atoms with Crippen molar-refractivity contribution in [3.8, 4) is 0 Å². The molecule has 2 aliphatic rings. The summed E-state index contributed by atoms with van der Waals surface area (Å²) in [6.45, 7) is 2.20. The van der Waals surface area contributed by atoms with Crippen LogP contribution >= 0.6 is 11.8 Å². The number of urea groups is 1. The lowest BCUT2D eigenvalue weighted by Gasteiger charge is -2.18. The highest BCUT2D eigenvalue weighted by Gasteiger charge is 2.35. The molecule has 2 aliphatic heterocycles. The first-order chi connectivity index (χ1) is 17.7. The van der Waals surface area contributed by atoms with Gasteiger partial charge in [0.2, 0.25) is 0 Å². The number of thioether (sulfide) groups is 1. The predicted octanol–water partition coefficient (Wildman–Crippen LogP) is 4.40. The number of benzene rings is 2. The van der Waals surface area contributed by atoms with Gasteiger partial charge in [-0.25, -0.2) is 14.2 Å². The minimum atomic E-state index is -4.66. The fourth-order valence-corrected chi connectivity index (χ4v) is 4.46. The molecule has 0 saturated heterocycles. The summed E-state index contributed by atoms with van der Waals surface area (Å²) in [7, 11) is 0. The molecule has 5 N–H and O–H groups in total. The predicted molar refractivity (Wildman–Crippen MR) is 139 cm³/mol. The molecule has 2 amide bonds. The number of amidine groups is 1. The minimum Gasteiger partial charge on any atom is -0.382 e. The number of fused-ring (bicyclic) bond motifs is 1. The zero-order valence-electron chi connectivity index (χ0n) is 19.8. The van der Waals surface area contributed by atoms with E-state index in [4.69, 9.17) is 5.73 Å². The highest BCUT2D eigenvalue weighted by atomic mass is 32.2. The number of nitrogens with zero attached hydrogens (tertiary/aromatic N) is 3. The molecule has 0 radical (unpaired) electrons. The van der Waals surface area contributed by atoms with Crippen molar-refractivity contribution in [2.45, 2.75) is 6.18 Å². The van der Waals surface area contributed by atoms with Crippen molar-refractivity contribution in [1.29, 1.82) is 0 Å². The van der Waals surface area contributed by atoms with Gasteiger partial charge in [-0.3, -0.25) is 5.01 Å². The standard InChI is InChI=1S/C24H25F4N7OS/c1-37-9-8-30-11-15-12-35-21(22(29)31-13-32-35)20(15)14-2-5-17(6-3-14)33-23(36)34-19-10-16(24(26,27)28)4-7-18(19)25/h2-7,10,13,15,30H,8-9,11-12H2,1H3,(H2,29,31,32)(H2,33,34,36). The molecule has 0 saturated carbocycles. The van der Waals surface area contributed by atoms with E-state index in [1.807, 2.05) is 11.3 Å². The Balaban J connectivity index is 1.49. The number of hydrazone groups is 1. The molecule has 8 nitrogen and oxygen atoms in total. The van der Waals surface area contributed by atoms with Crippen LogP contribution in [0.4, 0.5) is 33.7 Å². The van der Waals surface area contributed by atoms with Crippen LogP contribution in [0.1, 0.15) is 11.1 Å². The fourth-order valence-electron chi connectivity index (χ4n) is 4.12. The Morgan fingerprint density at radius 3 is 2.65 bits per heavy atom. The number of hydrogen-bond donors (Lipinski definition) is 4. The molecule has 196 valence electrons. The third-order valence-electron chi connectivity index (χ3n) is 5.81. The van der Waals surface area contributed by atoms with Crippen LogP contribution in [-0.4, -0.2) is 54.9 Å². The SMILES string of the molecule is CSCCNCC1CN2N=CN=C(N)C2=C1c1ccc(NC(=O)Nc2cc(C(F)(F)F)ccc2F)cc1. The Hall–Kier alpha value is -3.58. The number of amides is 2. The molecule has 0 bridgehead atoms. The van der Waals surface area contributed by atoms with Crippen LogP contribution in [0.25, 0.3) is 5.57 Å². The smallest absolute Gasteiger partial charge is 0.382 e. The summed E-state index contributed by atoms with van der Waals surface area (Å²) in [4.78, 5) is 16.5. The van der Waals surface area contributed by atoms with E-state index in [-0.39, 0.29) is 5.92 Å². The minimum absolute atomic E-state index is 0.0897. The second-order valence-corrected chi connectivity index (χ2v) is 9.32. The first-order valence-electron chi connectivity index (χ1n) is 11.3. The lowest BCUT2D eigenvalue weighted by atomic mass is 9.93. The van der Waals surface area contributed by atoms with Gasteiger partial charge in [-0.2, -0.15) is 30.0 Å². The Kier molecular flexibility index (Phi) is 8.03. The number of carbonyl (C=O) groups is 1. The second-order valence-electron chi connectivity index (χ2n) is 8.33. The normalized spacial score (nSPS) is 17.1. The molecule has 4 rings (SSSR count). The number of alkyl halides is 3. The van der Waals surface area contributed by atoms with Gasteiger partial charge in [-0.05, 0) is 47.7 Å². The molecule has 1 atom stereocenters. The number of nitrogens with two attached hydrogens (primary N) is 1. The molecular formula is C24H25F4N7OS. The number of anilines is 2. The summed E-state index contributed by atoms with van der Waals surface area (Å²) in [6.07, 6.45) is -1.20. The van der Waals surface area contributed by atoms with Crippen molar-refractivity contribution in [3.63, 3.8) is 0 Å². The van der Waals surface area contributed by atoms with Crippen LogP contribution < -0.4 is 21.7 Å². The van der Waals surface area contributed by atoms with Crippen molar-refractivity contribution < 1.29 is 22.4 Å². The molecule has 0 aromatic heterocycles. The van der Waals surface area contributed by atoms with E-state index in [9.17, 15) is 22.4 Å². The highest BCUT2D eigenvalue weighted by molar-refractivity contribution is 7.98. The number of hydrogen-bond acceptors (Lipinski definition) is 7. The largest absolute Gasteiger partial charge is 0.416 e. The summed E-state index contributed by atoms with van der Waals surface area (Å²) >= 11 is 1.75. The van der Waals surface area contributed by atoms with Crippen LogP contribution in [0.5, 0.6) is 0 Å². The van der Waals surface area contributed by atoms with E-state index in [1.54, 1.807) is 36.0 Å². The molecule has 2 aromatic carbocycles. The van der Waals surface area contributed by atoms with Gasteiger partial charge in [0.1, 0.15) is 17.9 Å². The van der Waals surface area contributed by atoms with Gasteiger partial charge in [0.25, 0.3) is 0 Å². The number of nitrogens with one attached hydrogen (secondary N) is 3. The first-order valence-corrected chi connectivity index (χ1v) is 12.7. The summed E-state index contributed by atoms with van der Waals surface area (Å²) in [5.74, 6) is 0.453. The lowest BCUT2D eigenvalue weighted by molar-refractivity contribution is -0.137. The average Bonchev–Trinajstić information content (AvgIpc) is 3.22. The number of aliphatic imine (C=N–C) groups is 1. The Bertz CT molecular complexity index is 1240. The molecule has 0 aliphatic carbocycles. The summed E-state index contributed by atoms with van der Waals surface area (Å²) in [5.41, 5.74) is 7.46. The van der Waals surface area contributed by atoms with Crippen molar-refractivity contribution in [3.05, 3.63) is 65.1 Å². The van der Waals surface area contributed by atoms with Crippen LogP contribution in [0.2, 0.25) is 0 Å². The average molecular weight is 536 g/mol. The van der Waals surface area contributed by atoms with Gasteiger partial charge < -0.3 is 21.7 Å². The van der Waals surface area contributed by atoms with E-state index in [2.05, 4.69) is 26.0 Å². The molecule has 0 fully saturated rings. The van der Waals surface area contributed by atoms with Gasteiger partial charge in [0.15, 0.2) is 5.84 Å². The van der Waals surface area contributed by atoms with Gasteiger partial charge in [0, 0.05) is 37.0 Å². The third kappa shape index (κ3) is 6.23. The molecule has 13 heteroatoms. The van der Waals surface area contributed by atoms with E-state index in [0.29, 0.717) is 42.8 Å². The summed E-state index contributed by atoms with van der Waals surface area (Å²) < 4.78 is 52.7. The zero-order chi connectivity index (χ0) is 26.6. The number of rotatable bonds is 8. The van der Waals surface area contributed by atoms with Gasteiger partial charge in [-0.1, -0.05) is 12.1 Å². The van der Waals surface area contributed by atoms with E-state index in [1.165, 1.54) is 6.34 Å². The van der Waals surface area contributed by atoms with Gasteiger partial charge >= 0.3 is 12.2 Å². The van der Waals surface area contributed by atoms with Crippen LogP contribution in [0.3, 0.4) is 0 Å². The number of carbonyl (C=O) groups excluding carboxylic acids is 1. The van der Waals surface area contributed by atoms with Crippen molar-refractivity contribution in [1.82, 2.24) is 10.3 Å². The Morgan fingerprint density at radius 2 is 1.95 bits per heavy atom. The lowest BCUT2D eigenvalue weighted by Crippen LogP contribution is -2.30. The van der Waals surface area contributed by atoms with Crippen LogP contribution in [-0.2, 0) is 6.18 Å². The summed E-state index contributed by atoms with van der Waals surface area (Å²) in [6, 6.07) is 7.81. The Labute approximate surface area is 215 Å². The van der Waals surface area contributed by atoms with Crippen LogP contribution in [0, 0.1) is 11.7 Å². The zero-order valence-corrected chi connectivity index (χ0v) is 20.6. The quantitative estimate of drug-likeness (QED) is 0.296. The van der Waals surface area contributed by atoms with Crippen molar-refractivity contribution >= 4 is 46.9 Å². The molecular weight excluding hydrogens is 510 g/mol. The summed E-state index contributed by atoms with van der Waals surface area (Å²) in [5, 5.41) is 14.2. The maximum atomic E-state index is 14.0. The monoisotopic (exact) mass is 535 g/mol. The Morgan fingerprint density at radius 1 is 1.19 bits per heavy atom. The van der Waals surface area contributed by atoms with E-state index < -0.39 is 29.3 Å². The number of halogens is 4. The fraction of sp³-hybridized carbons (Fsp3) is 0.292. The van der Waals surface area contributed by atoms with Crippen molar-refractivity contribution in [2.24, 2.45) is 21.7 Å². The molecule has 0 spiro atoms. The molecule has 1 unspecified atom stereocenters. The van der Waals surface area contributed by atoms with Gasteiger partial charge in [0.05, 0.1) is 11.3 Å². The maximum Gasteiger partial charge on any atom is 0.416 e. The first kappa shape index (κ1) is 26.5. The van der Waals surface area contributed by atoms with Crippen molar-refractivity contribution in [2.75, 3.05) is 42.3 Å². The topological polar surface area (TPSA) is 107 Å². The maximum absolute atomic E-state index is 14.0.